The highest BCUT2D eigenvalue weighted by Gasteiger charge is 2.56. The Morgan fingerprint density at radius 1 is 1.67 bits per heavy atom. The minimum absolute atomic E-state index is 0.158. The van der Waals surface area contributed by atoms with Gasteiger partial charge in [-0.25, -0.2) is 4.79 Å². The molecule has 2 fully saturated rings. The molecular weight excluding hydrogens is 240 g/mol. The maximum atomic E-state index is 11.6. The quantitative estimate of drug-likeness (QED) is 0.448. The summed E-state index contributed by atoms with van der Waals surface area (Å²) in [6, 6.07) is 0. The Morgan fingerprint density at radius 2 is 2.39 bits per heavy atom. The first-order valence-corrected chi connectivity index (χ1v) is 5.82. The van der Waals surface area contributed by atoms with Crippen molar-refractivity contribution in [3.8, 4) is 0 Å². The van der Waals surface area contributed by atoms with E-state index in [9.17, 15) is 9.59 Å². The van der Waals surface area contributed by atoms with E-state index >= 15 is 0 Å². The topological polar surface area (TPSA) is 82.1 Å². The Morgan fingerprint density at radius 3 is 3.00 bits per heavy atom. The number of carbonyl (C=O) groups is 2. The van der Waals surface area contributed by atoms with Gasteiger partial charge < -0.3 is 19.3 Å². The van der Waals surface area contributed by atoms with Crippen molar-refractivity contribution in [2.24, 2.45) is 5.92 Å². The van der Waals surface area contributed by atoms with E-state index in [4.69, 9.17) is 19.3 Å². The van der Waals surface area contributed by atoms with E-state index in [1.807, 2.05) is 0 Å². The monoisotopic (exact) mass is 256 g/mol. The van der Waals surface area contributed by atoms with E-state index in [1.165, 1.54) is 6.92 Å². The highest BCUT2D eigenvalue weighted by molar-refractivity contribution is 5.87. The van der Waals surface area contributed by atoms with Crippen molar-refractivity contribution in [2.45, 2.75) is 38.1 Å². The molecule has 2 rings (SSSR count). The van der Waals surface area contributed by atoms with Crippen LogP contribution < -0.4 is 0 Å². The second-order valence-electron chi connectivity index (χ2n) is 4.65. The first kappa shape index (κ1) is 13.0. The van der Waals surface area contributed by atoms with Gasteiger partial charge >= 0.3 is 11.9 Å². The molecule has 0 amide bonds. The average molecular weight is 256 g/mol. The predicted molar refractivity (Wildman–Crippen MR) is 59.0 cm³/mol. The molecule has 1 aliphatic heterocycles. The molecule has 1 N–H and O–H groups in total. The van der Waals surface area contributed by atoms with Crippen LogP contribution in [0.2, 0.25) is 0 Å². The molecule has 1 saturated heterocycles. The second-order valence-corrected chi connectivity index (χ2v) is 4.65. The zero-order chi connectivity index (χ0) is 13.3. The first-order valence-electron chi connectivity index (χ1n) is 5.82. The van der Waals surface area contributed by atoms with E-state index in [1.54, 1.807) is 0 Å². The van der Waals surface area contributed by atoms with Gasteiger partial charge in [-0.05, 0) is 13.3 Å². The highest BCUT2D eigenvalue weighted by atomic mass is 16.8. The molecule has 1 heterocycles. The molecule has 0 aromatic heterocycles. The zero-order valence-electron chi connectivity index (χ0n) is 10.2. The molecule has 2 aliphatic rings. The van der Waals surface area contributed by atoms with Crippen molar-refractivity contribution in [3.05, 3.63) is 12.2 Å². The molecule has 6 nitrogen and oxygen atoms in total. The van der Waals surface area contributed by atoms with E-state index < -0.39 is 24.7 Å². The van der Waals surface area contributed by atoms with Crippen LogP contribution in [0.5, 0.6) is 0 Å². The molecule has 3 atom stereocenters. The fraction of sp³-hybridized carbons (Fsp3) is 0.667. The van der Waals surface area contributed by atoms with Gasteiger partial charge in [-0.3, -0.25) is 4.79 Å². The van der Waals surface area contributed by atoms with Gasteiger partial charge in [0.05, 0.1) is 5.92 Å². The number of esters is 2. The SMILES string of the molecule is C=C(C)C(=O)OC1(OCO)CCC2CC1OC2=O. The summed E-state index contributed by atoms with van der Waals surface area (Å²) in [4.78, 5) is 23.1. The first-order chi connectivity index (χ1) is 8.48. The number of rotatable bonds is 4. The number of aliphatic hydroxyl groups excluding tert-OH is 1. The molecule has 3 unspecified atom stereocenters. The molecule has 1 aliphatic carbocycles. The summed E-state index contributed by atoms with van der Waals surface area (Å²) in [5.41, 5.74) is 0.224. The zero-order valence-corrected chi connectivity index (χ0v) is 10.2. The second kappa shape index (κ2) is 4.70. The number of hydrogen-bond donors (Lipinski definition) is 1. The van der Waals surface area contributed by atoms with E-state index in [-0.39, 0.29) is 17.5 Å². The van der Waals surface area contributed by atoms with E-state index in [2.05, 4.69) is 6.58 Å². The van der Waals surface area contributed by atoms with Crippen molar-refractivity contribution in [2.75, 3.05) is 6.79 Å². The Labute approximate surface area is 105 Å². The van der Waals surface area contributed by atoms with Crippen LogP contribution in [-0.4, -0.2) is 35.7 Å². The van der Waals surface area contributed by atoms with Gasteiger partial charge in [0.25, 0.3) is 5.79 Å². The van der Waals surface area contributed by atoms with Crippen molar-refractivity contribution in [3.63, 3.8) is 0 Å². The fourth-order valence-corrected chi connectivity index (χ4v) is 2.35. The van der Waals surface area contributed by atoms with Crippen LogP contribution in [-0.2, 0) is 23.8 Å². The lowest BCUT2D eigenvalue weighted by Crippen LogP contribution is -2.50. The van der Waals surface area contributed by atoms with Crippen LogP contribution >= 0.6 is 0 Å². The van der Waals surface area contributed by atoms with Gasteiger partial charge in [0, 0.05) is 18.4 Å². The van der Waals surface area contributed by atoms with Crippen LogP contribution in [0.3, 0.4) is 0 Å². The van der Waals surface area contributed by atoms with Gasteiger partial charge in [-0.15, -0.1) is 0 Å². The Hall–Kier alpha value is -1.40. The van der Waals surface area contributed by atoms with Gasteiger partial charge in [-0.1, -0.05) is 6.58 Å². The van der Waals surface area contributed by atoms with Gasteiger partial charge in [-0.2, -0.15) is 0 Å². The van der Waals surface area contributed by atoms with Crippen LogP contribution in [0.4, 0.5) is 0 Å². The van der Waals surface area contributed by atoms with Crippen LogP contribution in [0.1, 0.15) is 26.2 Å². The molecule has 100 valence electrons. The largest absolute Gasteiger partial charge is 0.455 e. The Bertz CT molecular complexity index is 390. The third-order valence-electron chi connectivity index (χ3n) is 3.34. The number of carbonyl (C=O) groups excluding carboxylic acids is 2. The van der Waals surface area contributed by atoms with Gasteiger partial charge in [0.2, 0.25) is 0 Å². The molecule has 0 aromatic rings. The van der Waals surface area contributed by atoms with Crippen molar-refractivity contribution in [1.29, 1.82) is 0 Å². The maximum absolute atomic E-state index is 11.6. The van der Waals surface area contributed by atoms with Crippen LogP contribution in [0, 0.1) is 5.92 Å². The van der Waals surface area contributed by atoms with Gasteiger partial charge in [0.1, 0.15) is 6.79 Å². The van der Waals surface area contributed by atoms with Crippen LogP contribution in [0.25, 0.3) is 0 Å². The molecule has 18 heavy (non-hydrogen) atoms. The third kappa shape index (κ3) is 2.13. The number of fused-ring (bicyclic) bond motifs is 2. The molecule has 2 bridgehead atoms. The minimum Gasteiger partial charge on any atom is -0.455 e. The lowest BCUT2D eigenvalue weighted by Gasteiger charge is -2.38. The van der Waals surface area contributed by atoms with Crippen molar-refractivity contribution >= 4 is 11.9 Å². The summed E-state index contributed by atoms with van der Waals surface area (Å²) < 4.78 is 15.6. The maximum Gasteiger partial charge on any atom is 0.335 e. The third-order valence-corrected chi connectivity index (χ3v) is 3.34. The number of hydrogen-bond acceptors (Lipinski definition) is 6. The molecule has 0 spiro atoms. The van der Waals surface area contributed by atoms with E-state index in [0.717, 1.165) is 0 Å². The van der Waals surface area contributed by atoms with Gasteiger partial charge in [0.15, 0.2) is 6.10 Å². The summed E-state index contributed by atoms with van der Waals surface area (Å²) in [5.74, 6) is -2.46. The summed E-state index contributed by atoms with van der Waals surface area (Å²) in [5, 5.41) is 8.95. The molecule has 0 aromatic carbocycles. The minimum atomic E-state index is -1.38. The molecule has 1 saturated carbocycles. The average Bonchev–Trinajstić information content (AvgIpc) is 2.63. The Balaban J connectivity index is 2.19. The molecule has 6 heteroatoms. The van der Waals surface area contributed by atoms with Crippen molar-refractivity contribution < 1.29 is 28.9 Å². The Kier molecular flexibility index (Phi) is 3.41. The lowest BCUT2D eigenvalue weighted by molar-refractivity contribution is -0.293. The molecular formula is C12H16O6. The van der Waals surface area contributed by atoms with E-state index in [0.29, 0.717) is 19.3 Å². The smallest absolute Gasteiger partial charge is 0.335 e. The summed E-state index contributed by atoms with van der Waals surface area (Å²) >= 11 is 0. The van der Waals surface area contributed by atoms with Crippen LogP contribution in [0.15, 0.2) is 12.2 Å². The number of ether oxygens (including phenoxy) is 3. The fourth-order valence-electron chi connectivity index (χ4n) is 2.35. The molecule has 0 radical (unpaired) electrons. The normalized spacial score (nSPS) is 34.0. The lowest BCUT2D eigenvalue weighted by atomic mass is 9.85. The highest BCUT2D eigenvalue weighted by Crippen LogP contribution is 2.43. The predicted octanol–water partition coefficient (Wildman–Crippen LogP) is 0.494. The summed E-state index contributed by atoms with van der Waals surface area (Å²) in [6.07, 6.45) is 0.633. The number of aliphatic hydroxyl groups is 1. The van der Waals surface area contributed by atoms with Crippen molar-refractivity contribution in [1.82, 2.24) is 0 Å². The summed E-state index contributed by atoms with van der Waals surface area (Å²) in [7, 11) is 0. The summed E-state index contributed by atoms with van der Waals surface area (Å²) in [6.45, 7) is 4.39. The standard InChI is InChI=1S/C12H16O6/c1-7(2)10(14)18-12(16-6-13)4-3-8-5-9(12)17-11(8)15/h8-9,13H,1,3-6H2,2H3.